The Bertz CT molecular complexity index is 645. The van der Waals surface area contributed by atoms with Gasteiger partial charge >= 0.3 is 0 Å². The van der Waals surface area contributed by atoms with E-state index in [0.29, 0.717) is 11.3 Å². The summed E-state index contributed by atoms with van der Waals surface area (Å²) in [6.07, 6.45) is 0. The summed E-state index contributed by atoms with van der Waals surface area (Å²) in [7, 11) is 0. The summed E-state index contributed by atoms with van der Waals surface area (Å²) < 4.78 is 13.9. The molecule has 2 rings (SSSR count). The smallest absolute Gasteiger partial charge is 0.255 e. The Kier molecular flexibility index (Phi) is 4.22. The summed E-state index contributed by atoms with van der Waals surface area (Å²) in [6.45, 7) is 1.89. The van der Waals surface area contributed by atoms with Crippen LogP contribution in [0.1, 0.15) is 15.9 Å². The van der Waals surface area contributed by atoms with Crippen LogP contribution in [0.3, 0.4) is 0 Å². The van der Waals surface area contributed by atoms with Crippen molar-refractivity contribution in [2.75, 3.05) is 5.32 Å². The van der Waals surface area contributed by atoms with Crippen LogP contribution in [0.4, 0.5) is 10.1 Å². The minimum Gasteiger partial charge on any atom is -0.322 e. The van der Waals surface area contributed by atoms with Crippen LogP contribution in [0, 0.1) is 12.7 Å². The summed E-state index contributed by atoms with van der Waals surface area (Å²) in [5.74, 6) is -0.875. The van der Waals surface area contributed by atoms with E-state index in [1.54, 1.807) is 6.07 Å². The first-order valence-electron chi connectivity index (χ1n) is 5.50. The summed E-state index contributed by atoms with van der Waals surface area (Å²) in [6, 6.07) is 9.45. The Morgan fingerprint density at radius 2 is 2.00 bits per heavy atom. The van der Waals surface area contributed by atoms with Crippen molar-refractivity contribution >= 4 is 39.1 Å². The molecule has 98 valence electrons. The fraction of sp³-hybridized carbons (Fsp3) is 0.0714. The van der Waals surface area contributed by atoms with Crippen LogP contribution in [0.2, 0.25) is 5.02 Å². The Labute approximate surface area is 123 Å². The molecule has 0 fully saturated rings. The number of hydrogen-bond donors (Lipinski definition) is 1. The molecule has 0 bridgehead atoms. The van der Waals surface area contributed by atoms with Crippen LogP contribution < -0.4 is 5.32 Å². The Morgan fingerprint density at radius 1 is 1.26 bits per heavy atom. The molecule has 0 aromatic heterocycles. The van der Waals surface area contributed by atoms with Crippen LogP contribution in [-0.4, -0.2) is 5.91 Å². The predicted octanol–water partition coefficient (Wildman–Crippen LogP) is 4.80. The first-order valence-corrected chi connectivity index (χ1v) is 6.67. The largest absolute Gasteiger partial charge is 0.322 e. The Hall–Kier alpha value is -1.39. The van der Waals surface area contributed by atoms with Crippen molar-refractivity contribution < 1.29 is 9.18 Å². The first-order chi connectivity index (χ1) is 8.97. The van der Waals surface area contributed by atoms with Crippen molar-refractivity contribution in [2.24, 2.45) is 0 Å². The summed E-state index contributed by atoms with van der Waals surface area (Å²) in [5.41, 5.74) is 1.94. The molecular formula is C14H10BrClFNO. The molecule has 0 radical (unpaired) electrons. The zero-order valence-corrected chi connectivity index (χ0v) is 12.3. The molecule has 0 heterocycles. The second-order valence-corrected chi connectivity index (χ2v) is 5.37. The van der Waals surface area contributed by atoms with E-state index in [0.717, 1.165) is 10.0 Å². The maximum atomic E-state index is 13.0. The van der Waals surface area contributed by atoms with Gasteiger partial charge < -0.3 is 5.32 Å². The van der Waals surface area contributed by atoms with Gasteiger partial charge in [-0.3, -0.25) is 4.79 Å². The van der Waals surface area contributed by atoms with Gasteiger partial charge in [0, 0.05) is 15.7 Å². The van der Waals surface area contributed by atoms with E-state index in [4.69, 9.17) is 11.6 Å². The monoisotopic (exact) mass is 341 g/mol. The Balaban J connectivity index is 2.25. The van der Waals surface area contributed by atoms with Gasteiger partial charge in [-0.2, -0.15) is 0 Å². The molecule has 2 nitrogen and oxygen atoms in total. The number of carbonyl (C=O) groups excluding carboxylic acids is 1. The van der Waals surface area contributed by atoms with Crippen molar-refractivity contribution in [3.05, 3.63) is 62.8 Å². The third-order valence-corrected chi connectivity index (χ3v) is 3.41. The maximum Gasteiger partial charge on any atom is 0.255 e. The SMILES string of the molecule is Cc1ccc(Br)cc1NC(=O)c1ccc(F)c(Cl)c1. The summed E-state index contributed by atoms with van der Waals surface area (Å²) >= 11 is 9.00. The number of benzene rings is 2. The van der Waals surface area contributed by atoms with Gasteiger partial charge in [0.05, 0.1) is 5.02 Å². The number of anilines is 1. The molecule has 2 aromatic carbocycles. The molecule has 0 spiro atoms. The fourth-order valence-corrected chi connectivity index (χ4v) is 2.10. The fourth-order valence-electron chi connectivity index (χ4n) is 1.56. The standard InChI is InChI=1S/C14H10BrClFNO/c1-8-2-4-10(15)7-13(8)18-14(19)9-3-5-12(17)11(16)6-9/h2-7H,1H3,(H,18,19). The highest BCUT2D eigenvalue weighted by Gasteiger charge is 2.10. The summed E-state index contributed by atoms with van der Waals surface area (Å²) in [5, 5.41) is 2.69. The van der Waals surface area contributed by atoms with Crippen LogP contribution in [0.5, 0.6) is 0 Å². The van der Waals surface area contributed by atoms with Crippen LogP contribution in [0.25, 0.3) is 0 Å². The first kappa shape index (κ1) is 14.0. The minimum atomic E-state index is -0.545. The number of hydrogen-bond acceptors (Lipinski definition) is 1. The molecule has 1 N–H and O–H groups in total. The van der Waals surface area contributed by atoms with E-state index in [2.05, 4.69) is 21.2 Å². The van der Waals surface area contributed by atoms with Gasteiger partial charge in [-0.1, -0.05) is 33.6 Å². The molecule has 2 aromatic rings. The van der Waals surface area contributed by atoms with Crippen molar-refractivity contribution in [3.8, 4) is 0 Å². The van der Waals surface area contributed by atoms with E-state index < -0.39 is 5.82 Å². The number of amides is 1. The molecule has 0 aliphatic carbocycles. The van der Waals surface area contributed by atoms with Gasteiger partial charge in [-0.25, -0.2) is 4.39 Å². The lowest BCUT2D eigenvalue weighted by Crippen LogP contribution is -2.12. The lowest BCUT2D eigenvalue weighted by Gasteiger charge is -2.09. The van der Waals surface area contributed by atoms with Gasteiger partial charge in [0.25, 0.3) is 5.91 Å². The zero-order chi connectivity index (χ0) is 14.0. The minimum absolute atomic E-state index is 0.0707. The molecule has 0 saturated heterocycles. The number of nitrogens with one attached hydrogen (secondary N) is 1. The molecule has 0 aliphatic heterocycles. The molecule has 0 unspecified atom stereocenters. The van der Waals surface area contributed by atoms with Gasteiger partial charge in [-0.05, 0) is 42.8 Å². The van der Waals surface area contributed by atoms with E-state index >= 15 is 0 Å². The maximum absolute atomic E-state index is 13.0. The van der Waals surface area contributed by atoms with Gasteiger partial charge in [0.2, 0.25) is 0 Å². The van der Waals surface area contributed by atoms with E-state index in [-0.39, 0.29) is 10.9 Å². The van der Waals surface area contributed by atoms with E-state index in [9.17, 15) is 9.18 Å². The quantitative estimate of drug-likeness (QED) is 0.834. The lowest BCUT2D eigenvalue weighted by atomic mass is 10.1. The number of carbonyl (C=O) groups is 1. The van der Waals surface area contributed by atoms with Gasteiger partial charge in [-0.15, -0.1) is 0 Å². The van der Waals surface area contributed by atoms with Crippen LogP contribution in [-0.2, 0) is 0 Å². The Morgan fingerprint density at radius 3 is 2.68 bits per heavy atom. The average molecular weight is 343 g/mol. The molecule has 0 atom stereocenters. The van der Waals surface area contributed by atoms with Crippen molar-refractivity contribution in [1.29, 1.82) is 0 Å². The number of rotatable bonds is 2. The zero-order valence-electron chi connectivity index (χ0n) is 10.0. The highest BCUT2D eigenvalue weighted by Crippen LogP contribution is 2.22. The van der Waals surface area contributed by atoms with Crippen molar-refractivity contribution in [1.82, 2.24) is 0 Å². The third kappa shape index (κ3) is 3.33. The van der Waals surface area contributed by atoms with E-state index in [1.807, 2.05) is 19.1 Å². The molecule has 0 saturated carbocycles. The molecule has 19 heavy (non-hydrogen) atoms. The van der Waals surface area contributed by atoms with Crippen molar-refractivity contribution in [3.63, 3.8) is 0 Å². The van der Waals surface area contributed by atoms with Crippen LogP contribution >= 0.6 is 27.5 Å². The third-order valence-electron chi connectivity index (χ3n) is 2.63. The van der Waals surface area contributed by atoms with Crippen LogP contribution in [0.15, 0.2) is 40.9 Å². The summed E-state index contributed by atoms with van der Waals surface area (Å²) in [4.78, 5) is 12.0. The lowest BCUT2D eigenvalue weighted by molar-refractivity contribution is 0.102. The highest BCUT2D eigenvalue weighted by atomic mass is 79.9. The average Bonchev–Trinajstić information content (AvgIpc) is 2.37. The predicted molar refractivity (Wildman–Crippen MR) is 78.2 cm³/mol. The molecule has 5 heteroatoms. The molecule has 1 amide bonds. The topological polar surface area (TPSA) is 29.1 Å². The van der Waals surface area contributed by atoms with Crippen molar-refractivity contribution in [2.45, 2.75) is 6.92 Å². The van der Waals surface area contributed by atoms with Gasteiger partial charge in [0.15, 0.2) is 0 Å². The molecular weight excluding hydrogens is 333 g/mol. The van der Waals surface area contributed by atoms with E-state index in [1.165, 1.54) is 18.2 Å². The second-order valence-electron chi connectivity index (χ2n) is 4.04. The normalized spacial score (nSPS) is 10.3. The van der Waals surface area contributed by atoms with Gasteiger partial charge in [0.1, 0.15) is 5.82 Å². The number of aryl methyl sites for hydroxylation is 1. The molecule has 0 aliphatic rings. The highest BCUT2D eigenvalue weighted by molar-refractivity contribution is 9.10. The second kappa shape index (κ2) is 5.72. The number of halogens is 3.